The van der Waals surface area contributed by atoms with Gasteiger partial charge in [-0.15, -0.1) is 0 Å². The van der Waals surface area contributed by atoms with E-state index < -0.39 is 0 Å². The van der Waals surface area contributed by atoms with Crippen molar-refractivity contribution < 1.29 is 36.7 Å². The fourth-order valence-corrected chi connectivity index (χ4v) is 2.13. The molecule has 0 aliphatic carbocycles. The molecule has 0 heterocycles. The zero-order valence-corrected chi connectivity index (χ0v) is 7.69. The van der Waals surface area contributed by atoms with Crippen LogP contribution in [0.1, 0.15) is 0 Å². The van der Waals surface area contributed by atoms with E-state index in [1.165, 1.54) is 4.14 Å². The Morgan fingerprint density at radius 2 is 1.57 bits per heavy atom. The van der Waals surface area contributed by atoms with Crippen LogP contribution in [0.2, 0.25) is 4.14 Å². The van der Waals surface area contributed by atoms with Gasteiger partial charge < -0.3 is 0 Å². The van der Waals surface area contributed by atoms with Crippen LogP contribution in [0.4, 0.5) is 0 Å². The molecule has 0 nitrogen and oxygen atoms in total. The van der Waals surface area contributed by atoms with Gasteiger partial charge in [0.05, 0.1) is 0 Å². The van der Waals surface area contributed by atoms with Crippen molar-refractivity contribution in [2.75, 3.05) is 0 Å². The zero-order chi connectivity index (χ0) is 5.54. The summed E-state index contributed by atoms with van der Waals surface area (Å²) in [5.74, 6) is 0. The topological polar surface area (TPSA) is 0 Å². The molecule has 0 aliphatic rings. The van der Waals surface area contributed by atoms with Crippen LogP contribution in [0.25, 0.3) is 0 Å². The monoisotopic (exact) mass is 224 g/mol. The average molecular weight is 226 g/mol. The molecular formula is C6H10Nd. The first-order valence-electron chi connectivity index (χ1n) is 2.34. The maximum atomic E-state index is 3.65. The van der Waals surface area contributed by atoms with Crippen molar-refractivity contribution in [3.05, 3.63) is 25.3 Å². The summed E-state index contributed by atoms with van der Waals surface area (Å²) in [6.45, 7) is 7.29. The minimum absolute atomic E-state index is 0.235. The Kier molecular flexibility index (Phi) is 7.64. The van der Waals surface area contributed by atoms with Gasteiger partial charge in [-0.2, -0.15) is 0 Å². The molecule has 0 atom stereocenters. The summed E-state index contributed by atoms with van der Waals surface area (Å²) >= 11 is -0.235. The van der Waals surface area contributed by atoms with Gasteiger partial charge in [-0.25, -0.2) is 0 Å². The van der Waals surface area contributed by atoms with E-state index in [4.69, 9.17) is 0 Å². The molecule has 1 heteroatoms. The van der Waals surface area contributed by atoms with Crippen molar-refractivity contribution in [1.82, 2.24) is 0 Å². The zero-order valence-electron chi connectivity index (χ0n) is 4.48. The van der Waals surface area contributed by atoms with Crippen LogP contribution in [0.5, 0.6) is 0 Å². The van der Waals surface area contributed by atoms with E-state index in [9.17, 15) is 0 Å². The maximum absolute atomic E-state index is 3.65. The van der Waals surface area contributed by atoms with Crippen LogP contribution in [0.15, 0.2) is 25.3 Å². The molecule has 0 aromatic heterocycles. The SMILES string of the molecule is C=C[CH2][Nd][CH2]C=C. The van der Waals surface area contributed by atoms with Gasteiger partial charge in [0.15, 0.2) is 0 Å². The quantitative estimate of drug-likeness (QED) is 0.509. The summed E-state index contributed by atoms with van der Waals surface area (Å²) < 4.78 is 2.62. The summed E-state index contributed by atoms with van der Waals surface area (Å²) in [5, 5.41) is 0. The van der Waals surface area contributed by atoms with Crippen molar-refractivity contribution in [1.29, 1.82) is 0 Å². The van der Waals surface area contributed by atoms with Crippen molar-refractivity contribution in [3.8, 4) is 0 Å². The van der Waals surface area contributed by atoms with Crippen LogP contribution in [-0.2, 0) is 0 Å². The molecule has 0 spiro atoms. The van der Waals surface area contributed by atoms with Gasteiger partial charge in [-0.3, -0.25) is 0 Å². The van der Waals surface area contributed by atoms with Crippen molar-refractivity contribution >= 4 is 0 Å². The fraction of sp³-hybridized carbons (Fsp3) is 0.333. The molecule has 0 N–H and O–H groups in total. The van der Waals surface area contributed by atoms with Gasteiger partial charge in [0.25, 0.3) is 0 Å². The van der Waals surface area contributed by atoms with Crippen molar-refractivity contribution in [3.63, 3.8) is 0 Å². The second-order valence-electron chi connectivity index (χ2n) is 1.24. The Hall–Kier alpha value is 0.831. The van der Waals surface area contributed by atoms with Crippen LogP contribution < -0.4 is 0 Å². The number of hydrogen-bond donors (Lipinski definition) is 0. The Bertz CT molecular complexity index is 49.2. The molecule has 0 aromatic carbocycles. The van der Waals surface area contributed by atoms with E-state index in [1.807, 2.05) is 12.2 Å². The molecule has 0 unspecified atom stereocenters. The van der Waals surface area contributed by atoms with E-state index in [1.54, 1.807) is 0 Å². The normalized spacial score (nSPS) is 7.43. The van der Waals surface area contributed by atoms with Crippen LogP contribution >= 0.6 is 0 Å². The molecule has 0 amide bonds. The molecule has 0 radical (unpaired) electrons. The molecule has 0 bridgehead atoms. The Morgan fingerprint density at radius 3 is 1.86 bits per heavy atom. The molecule has 0 aromatic rings. The number of rotatable bonds is 4. The summed E-state index contributed by atoms with van der Waals surface area (Å²) in [4.78, 5) is 0. The van der Waals surface area contributed by atoms with Crippen molar-refractivity contribution in [2.45, 2.75) is 4.14 Å². The van der Waals surface area contributed by atoms with Crippen LogP contribution in [0, 0.1) is 36.7 Å². The Labute approximate surface area is 65.4 Å². The Morgan fingerprint density at radius 1 is 1.14 bits per heavy atom. The molecule has 7 heavy (non-hydrogen) atoms. The van der Waals surface area contributed by atoms with Gasteiger partial charge in [0, 0.05) is 0 Å². The first-order chi connectivity index (χ1) is 3.41. The van der Waals surface area contributed by atoms with E-state index in [-0.39, 0.29) is 36.7 Å². The minimum atomic E-state index is -0.235. The number of allylic oxidation sites excluding steroid dienone is 2. The van der Waals surface area contributed by atoms with Gasteiger partial charge in [-0.1, -0.05) is 0 Å². The third-order valence-corrected chi connectivity index (χ3v) is 4.28. The third kappa shape index (κ3) is 6.83. The molecule has 0 rings (SSSR count). The molecule has 0 fully saturated rings. The second kappa shape index (κ2) is 6.83. The van der Waals surface area contributed by atoms with Gasteiger partial charge >= 0.3 is 66.2 Å². The summed E-state index contributed by atoms with van der Waals surface area (Å²) in [7, 11) is 0. The van der Waals surface area contributed by atoms with Crippen molar-refractivity contribution in [2.24, 2.45) is 0 Å². The molecule has 0 saturated heterocycles. The average Bonchev–Trinajstić information content (AvgIpc) is 1.69. The predicted octanol–water partition coefficient (Wildman–Crippen LogP) is 2.28. The fourth-order valence-electron chi connectivity index (χ4n) is 0.287. The second-order valence-corrected chi connectivity index (χ2v) is 5.46. The van der Waals surface area contributed by atoms with E-state index >= 15 is 0 Å². The third-order valence-electron chi connectivity index (χ3n) is 0.577. The summed E-state index contributed by atoms with van der Waals surface area (Å²) in [6.07, 6.45) is 4.04. The summed E-state index contributed by atoms with van der Waals surface area (Å²) in [5.41, 5.74) is 0. The molecule has 0 aliphatic heterocycles. The van der Waals surface area contributed by atoms with Gasteiger partial charge in [0.2, 0.25) is 0 Å². The molecule has 38 valence electrons. The van der Waals surface area contributed by atoms with Crippen LogP contribution in [0.3, 0.4) is 0 Å². The van der Waals surface area contributed by atoms with Gasteiger partial charge in [-0.05, 0) is 0 Å². The van der Waals surface area contributed by atoms with E-state index in [0.29, 0.717) is 0 Å². The standard InChI is InChI=1S/2C3H5.Nd/c2*1-3-2;/h2*3H,1-2H2;. The molecular weight excluding hydrogens is 216 g/mol. The predicted molar refractivity (Wildman–Crippen MR) is 30.0 cm³/mol. The first kappa shape index (κ1) is 7.83. The first-order valence-corrected chi connectivity index (χ1v) is 6.88. The van der Waals surface area contributed by atoms with E-state index in [0.717, 1.165) is 0 Å². The molecule has 0 saturated carbocycles. The van der Waals surface area contributed by atoms with Crippen LogP contribution in [-0.4, -0.2) is 0 Å². The number of hydrogen-bond acceptors (Lipinski definition) is 0. The Balaban J connectivity index is 2.68. The van der Waals surface area contributed by atoms with Gasteiger partial charge in [0.1, 0.15) is 0 Å². The summed E-state index contributed by atoms with van der Waals surface area (Å²) in [6, 6.07) is 0. The van der Waals surface area contributed by atoms with E-state index in [2.05, 4.69) is 13.2 Å².